The number of amides is 1. The fourth-order valence-electron chi connectivity index (χ4n) is 1.97. The third-order valence-corrected chi connectivity index (χ3v) is 4.29. The molecule has 0 saturated heterocycles. The van der Waals surface area contributed by atoms with Gasteiger partial charge in [0.2, 0.25) is 5.91 Å². The first-order valence-electron chi connectivity index (χ1n) is 6.71. The smallest absolute Gasteiger partial charge is 0.226 e. The van der Waals surface area contributed by atoms with Crippen molar-refractivity contribution in [3.63, 3.8) is 0 Å². The number of aromatic nitrogens is 1. The minimum atomic E-state index is -0.0904. The van der Waals surface area contributed by atoms with Crippen LogP contribution in [0.1, 0.15) is 11.5 Å². The van der Waals surface area contributed by atoms with Gasteiger partial charge in [-0.15, -0.1) is 11.3 Å². The maximum Gasteiger partial charge on any atom is 0.226 e. The minimum absolute atomic E-state index is 0.0904. The van der Waals surface area contributed by atoms with Crippen LogP contribution in [0, 0.1) is 0 Å². The van der Waals surface area contributed by atoms with Gasteiger partial charge in [-0.25, -0.2) is 4.98 Å². The van der Waals surface area contributed by atoms with E-state index in [-0.39, 0.29) is 12.3 Å². The van der Waals surface area contributed by atoms with Gasteiger partial charge in [-0.1, -0.05) is 29.8 Å². The highest BCUT2D eigenvalue weighted by atomic mass is 35.5. The Kier molecular flexibility index (Phi) is 4.56. The molecule has 1 amide bonds. The van der Waals surface area contributed by atoms with Crippen LogP contribution in [0.5, 0.6) is 0 Å². The lowest BCUT2D eigenvalue weighted by molar-refractivity contribution is -0.120. The molecular weight excluding hydrogens is 320 g/mol. The molecule has 0 radical (unpaired) electrons. The molecule has 0 unspecified atom stereocenters. The molecule has 112 valence electrons. The van der Waals surface area contributed by atoms with Crippen molar-refractivity contribution in [2.24, 2.45) is 0 Å². The quantitative estimate of drug-likeness (QED) is 0.770. The van der Waals surface area contributed by atoms with Crippen LogP contribution in [0.4, 0.5) is 0 Å². The van der Waals surface area contributed by atoms with Crippen molar-refractivity contribution in [2.75, 3.05) is 0 Å². The number of halogens is 1. The van der Waals surface area contributed by atoms with Crippen LogP contribution in [0.25, 0.3) is 10.6 Å². The van der Waals surface area contributed by atoms with E-state index < -0.39 is 0 Å². The zero-order valence-corrected chi connectivity index (χ0v) is 13.2. The van der Waals surface area contributed by atoms with Gasteiger partial charge in [0, 0.05) is 10.9 Å². The molecule has 0 aliphatic heterocycles. The summed E-state index contributed by atoms with van der Waals surface area (Å²) >= 11 is 7.64. The highest BCUT2D eigenvalue weighted by Gasteiger charge is 2.11. The lowest BCUT2D eigenvalue weighted by atomic mass is 10.2. The van der Waals surface area contributed by atoms with Gasteiger partial charge in [-0.3, -0.25) is 4.79 Å². The fraction of sp³-hybridized carbons (Fsp3) is 0.125. The van der Waals surface area contributed by atoms with Crippen molar-refractivity contribution < 1.29 is 9.21 Å². The largest absolute Gasteiger partial charge is 0.467 e. The first kappa shape index (κ1) is 14.8. The Hall–Kier alpha value is -2.11. The fourth-order valence-corrected chi connectivity index (χ4v) is 3.11. The number of carbonyl (C=O) groups is 1. The van der Waals surface area contributed by atoms with Gasteiger partial charge in [-0.05, 0) is 18.2 Å². The highest BCUT2D eigenvalue weighted by Crippen LogP contribution is 2.30. The van der Waals surface area contributed by atoms with E-state index in [1.54, 1.807) is 12.3 Å². The number of hydrogen-bond acceptors (Lipinski definition) is 4. The van der Waals surface area contributed by atoms with Crippen LogP contribution in [-0.4, -0.2) is 10.9 Å². The Labute approximate surface area is 136 Å². The second-order valence-corrected chi connectivity index (χ2v) is 5.92. The minimum Gasteiger partial charge on any atom is -0.467 e. The van der Waals surface area contributed by atoms with E-state index in [9.17, 15) is 4.79 Å². The maximum atomic E-state index is 11.9. The first-order chi connectivity index (χ1) is 10.7. The van der Waals surface area contributed by atoms with Gasteiger partial charge in [0.15, 0.2) is 0 Å². The lowest BCUT2D eigenvalue weighted by Gasteiger charge is -2.01. The Morgan fingerprint density at radius 1 is 1.27 bits per heavy atom. The summed E-state index contributed by atoms with van der Waals surface area (Å²) < 4.78 is 5.17. The van der Waals surface area contributed by atoms with Crippen LogP contribution in [0.3, 0.4) is 0 Å². The number of nitrogens with zero attached hydrogens (tertiary/aromatic N) is 1. The molecule has 0 atom stereocenters. The third-order valence-electron chi connectivity index (χ3n) is 3.04. The van der Waals surface area contributed by atoms with Gasteiger partial charge in [0.25, 0.3) is 0 Å². The second-order valence-electron chi connectivity index (χ2n) is 4.66. The molecule has 1 aromatic carbocycles. The Bertz CT molecular complexity index is 768. The molecule has 0 fully saturated rings. The summed E-state index contributed by atoms with van der Waals surface area (Å²) in [4.78, 5) is 16.4. The third kappa shape index (κ3) is 3.55. The van der Waals surface area contributed by atoms with Gasteiger partial charge < -0.3 is 9.73 Å². The average Bonchev–Trinajstić information content (AvgIpc) is 3.17. The molecular formula is C16H13ClN2O2S. The zero-order valence-electron chi connectivity index (χ0n) is 11.6. The zero-order chi connectivity index (χ0) is 15.4. The van der Waals surface area contributed by atoms with E-state index in [1.807, 2.05) is 35.7 Å². The molecule has 22 heavy (non-hydrogen) atoms. The van der Waals surface area contributed by atoms with Crippen molar-refractivity contribution in [2.45, 2.75) is 13.0 Å². The Morgan fingerprint density at radius 3 is 2.91 bits per heavy atom. The highest BCUT2D eigenvalue weighted by molar-refractivity contribution is 7.13. The normalized spacial score (nSPS) is 10.6. The van der Waals surface area contributed by atoms with Crippen molar-refractivity contribution >= 4 is 28.8 Å². The van der Waals surface area contributed by atoms with Crippen molar-refractivity contribution in [3.05, 3.63) is 64.5 Å². The number of nitrogens with one attached hydrogen (secondary N) is 1. The van der Waals surface area contributed by atoms with Crippen molar-refractivity contribution in [1.82, 2.24) is 10.3 Å². The van der Waals surface area contributed by atoms with Crippen LogP contribution >= 0.6 is 22.9 Å². The second kappa shape index (κ2) is 6.77. The van der Waals surface area contributed by atoms with E-state index in [0.29, 0.717) is 11.6 Å². The lowest BCUT2D eigenvalue weighted by Crippen LogP contribution is -2.24. The Balaban J connectivity index is 1.62. The van der Waals surface area contributed by atoms with Gasteiger partial charge in [0.1, 0.15) is 10.8 Å². The maximum absolute atomic E-state index is 11.9. The van der Waals surface area contributed by atoms with E-state index in [0.717, 1.165) is 22.0 Å². The predicted octanol–water partition coefficient (Wildman–Crippen LogP) is 3.92. The molecule has 0 bridgehead atoms. The van der Waals surface area contributed by atoms with Crippen molar-refractivity contribution in [1.29, 1.82) is 0 Å². The summed E-state index contributed by atoms with van der Waals surface area (Å²) in [5, 5.41) is 6.16. The molecule has 4 nitrogen and oxygen atoms in total. The van der Waals surface area contributed by atoms with Crippen LogP contribution < -0.4 is 5.32 Å². The summed E-state index contributed by atoms with van der Waals surface area (Å²) in [5.41, 5.74) is 1.62. The monoisotopic (exact) mass is 332 g/mol. The predicted molar refractivity (Wildman–Crippen MR) is 86.8 cm³/mol. The molecule has 0 aliphatic rings. The topological polar surface area (TPSA) is 55.1 Å². The van der Waals surface area contributed by atoms with Gasteiger partial charge in [0.05, 0.1) is 29.9 Å². The molecule has 2 aromatic heterocycles. The van der Waals surface area contributed by atoms with E-state index in [1.165, 1.54) is 11.3 Å². The van der Waals surface area contributed by atoms with Crippen LogP contribution in [0.15, 0.2) is 52.5 Å². The van der Waals surface area contributed by atoms with E-state index in [4.69, 9.17) is 16.0 Å². The summed E-state index contributed by atoms with van der Waals surface area (Å²) in [5.74, 6) is 0.635. The van der Waals surface area contributed by atoms with E-state index >= 15 is 0 Å². The summed E-state index contributed by atoms with van der Waals surface area (Å²) in [6, 6.07) is 11.1. The first-order valence-corrected chi connectivity index (χ1v) is 7.96. The number of hydrogen-bond donors (Lipinski definition) is 1. The molecule has 3 aromatic rings. The molecule has 0 aliphatic carbocycles. The number of thiazole rings is 1. The standard InChI is InChI=1S/C16H13ClN2O2S/c17-14-6-2-1-5-13(14)16-19-11(10-22-16)8-15(20)18-9-12-4-3-7-21-12/h1-7,10H,8-9H2,(H,18,20). The molecule has 3 rings (SSSR count). The molecule has 1 N–H and O–H groups in total. The molecule has 0 saturated carbocycles. The van der Waals surface area contributed by atoms with Gasteiger partial charge >= 0.3 is 0 Å². The number of furan rings is 1. The summed E-state index contributed by atoms with van der Waals surface area (Å²) in [6.45, 7) is 0.382. The SMILES string of the molecule is O=C(Cc1csc(-c2ccccc2Cl)n1)NCc1ccco1. The summed E-state index contributed by atoms with van der Waals surface area (Å²) in [7, 11) is 0. The number of carbonyl (C=O) groups excluding carboxylic acids is 1. The van der Waals surface area contributed by atoms with Crippen LogP contribution in [-0.2, 0) is 17.8 Å². The van der Waals surface area contributed by atoms with E-state index in [2.05, 4.69) is 10.3 Å². The summed E-state index contributed by atoms with van der Waals surface area (Å²) in [6.07, 6.45) is 1.82. The molecule has 2 heterocycles. The van der Waals surface area contributed by atoms with Crippen LogP contribution in [0.2, 0.25) is 5.02 Å². The number of benzene rings is 1. The number of rotatable bonds is 5. The molecule has 0 spiro atoms. The average molecular weight is 333 g/mol. The van der Waals surface area contributed by atoms with Gasteiger partial charge in [-0.2, -0.15) is 0 Å². The Morgan fingerprint density at radius 2 is 2.14 bits per heavy atom. The van der Waals surface area contributed by atoms with Crippen molar-refractivity contribution in [3.8, 4) is 10.6 Å². The molecule has 6 heteroatoms.